The van der Waals surface area contributed by atoms with E-state index < -0.39 is 0 Å². The molecule has 1 aliphatic carbocycles. The smallest absolute Gasteiger partial charge is 0.0358 e. The molecule has 2 N–H and O–H groups in total. The summed E-state index contributed by atoms with van der Waals surface area (Å²) in [5.41, 5.74) is 16.0. The number of hydrogen-bond donors (Lipinski definition) is 1. The molecular formula is C25H19N. The van der Waals surface area contributed by atoms with Gasteiger partial charge in [-0.1, -0.05) is 84.9 Å². The van der Waals surface area contributed by atoms with E-state index in [4.69, 9.17) is 5.73 Å². The molecule has 0 amide bonds. The number of nitrogens with two attached hydrogens (primary N) is 1. The van der Waals surface area contributed by atoms with E-state index in [1.54, 1.807) is 0 Å². The third-order valence-electron chi connectivity index (χ3n) is 5.31. The molecule has 1 aliphatic rings. The van der Waals surface area contributed by atoms with Gasteiger partial charge in [0.1, 0.15) is 0 Å². The zero-order valence-electron chi connectivity index (χ0n) is 14.4. The number of rotatable bonds is 2. The quantitative estimate of drug-likeness (QED) is 0.388. The van der Waals surface area contributed by atoms with Crippen LogP contribution in [0.15, 0.2) is 97.1 Å². The summed E-state index contributed by atoms with van der Waals surface area (Å²) < 4.78 is 0. The molecule has 0 aromatic heterocycles. The predicted molar refractivity (Wildman–Crippen MR) is 109 cm³/mol. The van der Waals surface area contributed by atoms with E-state index in [9.17, 15) is 0 Å². The van der Waals surface area contributed by atoms with Crippen molar-refractivity contribution in [1.29, 1.82) is 0 Å². The van der Waals surface area contributed by atoms with Crippen LogP contribution in [-0.2, 0) is 0 Å². The Morgan fingerprint density at radius 1 is 0.538 bits per heavy atom. The molecule has 0 fully saturated rings. The van der Waals surface area contributed by atoms with E-state index >= 15 is 0 Å². The third kappa shape index (κ3) is 2.25. The highest BCUT2D eigenvalue weighted by atomic mass is 14.5. The molecule has 26 heavy (non-hydrogen) atoms. The molecule has 0 radical (unpaired) electrons. The van der Waals surface area contributed by atoms with E-state index in [1.165, 1.54) is 38.9 Å². The largest absolute Gasteiger partial charge is 0.399 e. The van der Waals surface area contributed by atoms with Crippen molar-refractivity contribution >= 4 is 5.69 Å². The Morgan fingerprint density at radius 2 is 1.19 bits per heavy atom. The monoisotopic (exact) mass is 333 g/mol. The summed E-state index contributed by atoms with van der Waals surface area (Å²) in [7, 11) is 0. The minimum Gasteiger partial charge on any atom is -0.399 e. The standard InChI is InChI=1S/C25H19N/c26-19-15-13-17(14-16-19)20-11-6-12-23-21-9-4-5-10-22(21)24(25(20)23)18-7-2-1-3-8-18/h1-16,24H,26H2. The minimum atomic E-state index is 0.260. The molecular weight excluding hydrogens is 314 g/mol. The first-order valence-electron chi connectivity index (χ1n) is 8.96. The predicted octanol–water partition coefficient (Wildman–Crippen LogP) is 6.10. The number of nitrogen functional groups attached to an aromatic ring is 1. The highest BCUT2D eigenvalue weighted by Crippen LogP contribution is 2.51. The summed E-state index contributed by atoms with van der Waals surface area (Å²) in [5, 5.41) is 0. The van der Waals surface area contributed by atoms with Gasteiger partial charge in [-0.3, -0.25) is 0 Å². The lowest BCUT2D eigenvalue weighted by atomic mass is 9.85. The van der Waals surface area contributed by atoms with Gasteiger partial charge >= 0.3 is 0 Å². The van der Waals surface area contributed by atoms with Crippen LogP contribution in [0.2, 0.25) is 0 Å². The van der Waals surface area contributed by atoms with E-state index in [2.05, 4.69) is 84.9 Å². The van der Waals surface area contributed by atoms with E-state index in [0.29, 0.717) is 0 Å². The van der Waals surface area contributed by atoms with Crippen LogP contribution in [0.25, 0.3) is 22.3 Å². The fourth-order valence-electron chi connectivity index (χ4n) is 4.17. The van der Waals surface area contributed by atoms with Crippen molar-refractivity contribution in [3.63, 3.8) is 0 Å². The van der Waals surface area contributed by atoms with Crippen molar-refractivity contribution in [2.75, 3.05) is 5.73 Å². The Bertz CT molecular complexity index is 1080. The molecule has 0 heterocycles. The van der Waals surface area contributed by atoms with Crippen LogP contribution >= 0.6 is 0 Å². The number of anilines is 1. The Hall–Kier alpha value is -3.32. The topological polar surface area (TPSA) is 26.0 Å². The van der Waals surface area contributed by atoms with Crippen molar-refractivity contribution in [2.45, 2.75) is 5.92 Å². The Morgan fingerprint density at radius 3 is 2.00 bits per heavy atom. The molecule has 0 saturated heterocycles. The second-order valence-electron chi connectivity index (χ2n) is 6.82. The SMILES string of the molecule is Nc1ccc(-c2cccc3c2C(c2ccccc2)c2ccccc2-3)cc1. The molecule has 0 saturated carbocycles. The fourth-order valence-corrected chi connectivity index (χ4v) is 4.17. The van der Waals surface area contributed by atoms with Gasteiger partial charge in [0.25, 0.3) is 0 Å². The normalized spacial score (nSPS) is 14.7. The van der Waals surface area contributed by atoms with Crippen molar-refractivity contribution in [3.8, 4) is 22.3 Å². The van der Waals surface area contributed by atoms with Gasteiger partial charge in [-0.05, 0) is 51.1 Å². The summed E-state index contributed by atoms with van der Waals surface area (Å²) in [6.45, 7) is 0. The van der Waals surface area contributed by atoms with Crippen molar-refractivity contribution < 1.29 is 0 Å². The summed E-state index contributed by atoms with van der Waals surface area (Å²) >= 11 is 0. The molecule has 4 aromatic carbocycles. The van der Waals surface area contributed by atoms with Crippen molar-refractivity contribution in [3.05, 3.63) is 114 Å². The lowest BCUT2D eigenvalue weighted by molar-refractivity contribution is 1.02. The number of fused-ring (bicyclic) bond motifs is 3. The highest BCUT2D eigenvalue weighted by molar-refractivity contribution is 5.88. The molecule has 4 aromatic rings. The third-order valence-corrected chi connectivity index (χ3v) is 5.31. The molecule has 5 rings (SSSR count). The van der Waals surface area contributed by atoms with Gasteiger partial charge in [0.2, 0.25) is 0 Å². The van der Waals surface area contributed by atoms with E-state index in [0.717, 1.165) is 5.69 Å². The van der Waals surface area contributed by atoms with E-state index in [1.807, 2.05) is 12.1 Å². The maximum atomic E-state index is 5.90. The average Bonchev–Trinajstić information content (AvgIpc) is 3.04. The molecule has 1 atom stereocenters. The number of benzene rings is 4. The second-order valence-corrected chi connectivity index (χ2v) is 6.82. The van der Waals surface area contributed by atoms with Crippen LogP contribution in [0.3, 0.4) is 0 Å². The van der Waals surface area contributed by atoms with Crippen molar-refractivity contribution in [1.82, 2.24) is 0 Å². The molecule has 0 aliphatic heterocycles. The molecule has 1 heteroatoms. The van der Waals surface area contributed by atoms with Gasteiger partial charge in [0, 0.05) is 11.6 Å². The van der Waals surface area contributed by atoms with Crippen LogP contribution in [0.4, 0.5) is 5.69 Å². The first-order chi connectivity index (χ1) is 12.8. The van der Waals surface area contributed by atoms with Gasteiger partial charge in [-0.15, -0.1) is 0 Å². The summed E-state index contributed by atoms with van der Waals surface area (Å²) in [6, 6.07) is 34.4. The Kier molecular flexibility index (Phi) is 3.39. The summed E-state index contributed by atoms with van der Waals surface area (Å²) in [4.78, 5) is 0. The molecule has 0 spiro atoms. The van der Waals surface area contributed by atoms with Crippen molar-refractivity contribution in [2.24, 2.45) is 0 Å². The average molecular weight is 333 g/mol. The van der Waals surface area contributed by atoms with Crippen LogP contribution in [0, 0.1) is 0 Å². The van der Waals surface area contributed by atoms with Crippen LogP contribution < -0.4 is 5.73 Å². The highest BCUT2D eigenvalue weighted by Gasteiger charge is 2.31. The maximum absolute atomic E-state index is 5.90. The molecule has 0 bridgehead atoms. The van der Waals surface area contributed by atoms with Gasteiger partial charge in [0.15, 0.2) is 0 Å². The van der Waals surface area contributed by atoms with Crippen LogP contribution in [-0.4, -0.2) is 0 Å². The first kappa shape index (κ1) is 15.0. The Labute approximate surface area is 153 Å². The maximum Gasteiger partial charge on any atom is 0.0358 e. The zero-order valence-corrected chi connectivity index (χ0v) is 14.4. The fraction of sp³-hybridized carbons (Fsp3) is 0.0400. The van der Waals surface area contributed by atoms with Gasteiger partial charge < -0.3 is 5.73 Å². The number of hydrogen-bond acceptors (Lipinski definition) is 1. The second kappa shape index (κ2) is 5.89. The molecule has 1 unspecified atom stereocenters. The van der Waals surface area contributed by atoms with Gasteiger partial charge in [-0.25, -0.2) is 0 Å². The lowest BCUT2D eigenvalue weighted by Gasteiger charge is -2.18. The van der Waals surface area contributed by atoms with E-state index in [-0.39, 0.29) is 5.92 Å². The molecule has 124 valence electrons. The van der Waals surface area contributed by atoms with Crippen LogP contribution in [0.1, 0.15) is 22.6 Å². The zero-order chi connectivity index (χ0) is 17.5. The summed E-state index contributed by atoms with van der Waals surface area (Å²) in [5.74, 6) is 0.260. The van der Waals surface area contributed by atoms with Gasteiger partial charge in [-0.2, -0.15) is 0 Å². The minimum absolute atomic E-state index is 0.260. The first-order valence-corrected chi connectivity index (χ1v) is 8.96. The molecule has 1 nitrogen and oxygen atoms in total. The van der Waals surface area contributed by atoms with Gasteiger partial charge in [0.05, 0.1) is 0 Å². The Balaban J connectivity index is 1.81. The lowest BCUT2D eigenvalue weighted by Crippen LogP contribution is -2.01. The van der Waals surface area contributed by atoms with Crippen LogP contribution in [0.5, 0.6) is 0 Å². The summed E-state index contributed by atoms with van der Waals surface area (Å²) in [6.07, 6.45) is 0.